The summed E-state index contributed by atoms with van der Waals surface area (Å²) < 4.78 is 0. The first-order chi connectivity index (χ1) is 11.6. The molecule has 124 valence electrons. The fourth-order valence-corrected chi connectivity index (χ4v) is 2.54. The second-order valence-corrected chi connectivity index (χ2v) is 5.87. The van der Waals surface area contributed by atoms with E-state index in [0.717, 1.165) is 30.5 Å². The summed E-state index contributed by atoms with van der Waals surface area (Å²) in [5.74, 6) is -0.350. The van der Waals surface area contributed by atoms with Crippen LogP contribution in [0.5, 0.6) is 0 Å². The SMILES string of the molecule is CCc1ccccc1NC(=O)c1ccc(NC2CC2)c([N+](=O)[O-])c1. The standard InChI is InChI=1S/C18H19N3O3/c1-2-12-5-3-4-6-15(12)20-18(22)13-7-10-16(19-14-8-9-14)17(11-13)21(23)24/h3-7,10-11,14,19H,2,8-9H2,1H3,(H,20,22). The molecule has 24 heavy (non-hydrogen) atoms. The van der Waals surface area contributed by atoms with Crippen molar-refractivity contribution in [2.45, 2.75) is 32.2 Å². The lowest BCUT2D eigenvalue weighted by molar-refractivity contribution is -0.384. The van der Waals surface area contributed by atoms with Crippen LogP contribution in [0.4, 0.5) is 17.1 Å². The molecular formula is C18H19N3O3. The van der Waals surface area contributed by atoms with Crippen molar-refractivity contribution in [1.29, 1.82) is 0 Å². The van der Waals surface area contributed by atoms with Crippen LogP contribution in [-0.4, -0.2) is 16.9 Å². The minimum absolute atomic E-state index is 0.0710. The Bertz CT molecular complexity index is 785. The number of carbonyl (C=O) groups is 1. The molecule has 6 nitrogen and oxygen atoms in total. The molecule has 0 aromatic heterocycles. The molecule has 2 aromatic carbocycles. The highest BCUT2D eigenvalue weighted by atomic mass is 16.6. The average molecular weight is 325 g/mol. The van der Waals surface area contributed by atoms with Gasteiger partial charge in [0.1, 0.15) is 5.69 Å². The zero-order valence-corrected chi connectivity index (χ0v) is 13.4. The van der Waals surface area contributed by atoms with Gasteiger partial charge in [-0.15, -0.1) is 0 Å². The highest BCUT2D eigenvalue weighted by Crippen LogP contribution is 2.31. The Hall–Kier alpha value is -2.89. The molecule has 1 aliphatic rings. The van der Waals surface area contributed by atoms with Crippen molar-refractivity contribution >= 4 is 23.0 Å². The largest absolute Gasteiger partial charge is 0.377 e. The molecule has 0 heterocycles. The number of rotatable bonds is 6. The first-order valence-corrected chi connectivity index (χ1v) is 8.02. The summed E-state index contributed by atoms with van der Waals surface area (Å²) in [6.45, 7) is 2.01. The first kappa shape index (κ1) is 16.0. The van der Waals surface area contributed by atoms with Gasteiger partial charge in [-0.2, -0.15) is 0 Å². The van der Waals surface area contributed by atoms with E-state index in [1.165, 1.54) is 6.07 Å². The van der Waals surface area contributed by atoms with Gasteiger partial charge in [0.2, 0.25) is 0 Å². The third kappa shape index (κ3) is 3.53. The van der Waals surface area contributed by atoms with Gasteiger partial charge >= 0.3 is 0 Å². The van der Waals surface area contributed by atoms with Crippen LogP contribution in [0.2, 0.25) is 0 Å². The van der Waals surface area contributed by atoms with Crippen LogP contribution < -0.4 is 10.6 Å². The fourth-order valence-electron chi connectivity index (χ4n) is 2.54. The van der Waals surface area contributed by atoms with Crippen molar-refractivity contribution in [3.63, 3.8) is 0 Å². The maximum Gasteiger partial charge on any atom is 0.293 e. The molecule has 0 spiro atoms. The van der Waals surface area contributed by atoms with Gasteiger partial charge < -0.3 is 10.6 Å². The third-order valence-electron chi connectivity index (χ3n) is 4.04. The van der Waals surface area contributed by atoms with Crippen LogP contribution in [0.3, 0.4) is 0 Å². The number of benzene rings is 2. The van der Waals surface area contributed by atoms with Crippen LogP contribution >= 0.6 is 0 Å². The molecule has 0 saturated heterocycles. The van der Waals surface area contributed by atoms with E-state index in [1.807, 2.05) is 31.2 Å². The number of hydrogen-bond donors (Lipinski definition) is 2. The Morgan fingerprint density at radius 3 is 2.62 bits per heavy atom. The Morgan fingerprint density at radius 1 is 1.21 bits per heavy atom. The molecule has 1 fully saturated rings. The van der Waals surface area contributed by atoms with E-state index >= 15 is 0 Å². The van der Waals surface area contributed by atoms with Crippen LogP contribution in [0.15, 0.2) is 42.5 Å². The normalized spacial score (nSPS) is 13.4. The Kier molecular flexibility index (Phi) is 4.46. The Labute approximate surface area is 140 Å². The van der Waals surface area contributed by atoms with E-state index in [1.54, 1.807) is 12.1 Å². The maximum absolute atomic E-state index is 12.4. The number of para-hydroxylation sites is 1. The van der Waals surface area contributed by atoms with Gasteiger partial charge in [0.25, 0.3) is 11.6 Å². The molecule has 0 radical (unpaired) electrons. The summed E-state index contributed by atoms with van der Waals surface area (Å²) in [4.78, 5) is 23.3. The van der Waals surface area contributed by atoms with Crippen molar-refractivity contribution in [3.05, 3.63) is 63.7 Å². The summed E-state index contributed by atoms with van der Waals surface area (Å²) in [5, 5.41) is 17.3. The minimum atomic E-state index is -0.457. The zero-order valence-electron chi connectivity index (χ0n) is 13.4. The van der Waals surface area contributed by atoms with Crippen LogP contribution in [0, 0.1) is 10.1 Å². The molecule has 0 aliphatic heterocycles. The number of amides is 1. The molecule has 1 amide bonds. The smallest absolute Gasteiger partial charge is 0.293 e. The van der Waals surface area contributed by atoms with Gasteiger partial charge in [-0.05, 0) is 43.0 Å². The average Bonchev–Trinajstić information content (AvgIpc) is 3.39. The van der Waals surface area contributed by atoms with Gasteiger partial charge in [-0.1, -0.05) is 25.1 Å². The van der Waals surface area contributed by atoms with Gasteiger partial charge in [0, 0.05) is 23.4 Å². The predicted octanol–water partition coefficient (Wildman–Crippen LogP) is 3.98. The van der Waals surface area contributed by atoms with E-state index in [-0.39, 0.29) is 17.2 Å². The van der Waals surface area contributed by atoms with E-state index in [0.29, 0.717) is 11.7 Å². The summed E-state index contributed by atoms with van der Waals surface area (Å²) in [7, 11) is 0. The first-order valence-electron chi connectivity index (χ1n) is 8.02. The molecule has 3 rings (SSSR count). The monoisotopic (exact) mass is 325 g/mol. The maximum atomic E-state index is 12.4. The second-order valence-electron chi connectivity index (χ2n) is 5.87. The molecular weight excluding hydrogens is 306 g/mol. The van der Waals surface area contributed by atoms with Crippen LogP contribution in [-0.2, 0) is 6.42 Å². The number of hydrogen-bond acceptors (Lipinski definition) is 4. The lowest BCUT2D eigenvalue weighted by Crippen LogP contribution is -2.14. The highest BCUT2D eigenvalue weighted by molar-refractivity contribution is 6.05. The lowest BCUT2D eigenvalue weighted by atomic mass is 10.1. The quantitative estimate of drug-likeness (QED) is 0.621. The zero-order chi connectivity index (χ0) is 17.1. The number of anilines is 2. The van der Waals surface area contributed by atoms with E-state index < -0.39 is 4.92 Å². The number of carbonyl (C=O) groups excluding carboxylic acids is 1. The van der Waals surface area contributed by atoms with E-state index in [2.05, 4.69) is 10.6 Å². The molecule has 0 atom stereocenters. The highest BCUT2D eigenvalue weighted by Gasteiger charge is 2.25. The number of nitrogens with zero attached hydrogens (tertiary/aromatic N) is 1. The summed E-state index contributed by atoms with van der Waals surface area (Å²) in [6, 6.07) is 12.4. The molecule has 2 N–H and O–H groups in total. The van der Waals surface area contributed by atoms with Crippen molar-refractivity contribution in [2.75, 3.05) is 10.6 Å². The summed E-state index contributed by atoms with van der Waals surface area (Å²) in [6.07, 6.45) is 2.83. The second kappa shape index (κ2) is 6.70. The molecule has 0 bridgehead atoms. The van der Waals surface area contributed by atoms with Crippen LogP contribution in [0.25, 0.3) is 0 Å². The molecule has 1 aliphatic carbocycles. The van der Waals surface area contributed by atoms with Gasteiger partial charge in [-0.3, -0.25) is 14.9 Å². The summed E-state index contributed by atoms with van der Waals surface area (Å²) >= 11 is 0. The van der Waals surface area contributed by atoms with Crippen molar-refractivity contribution in [1.82, 2.24) is 0 Å². The van der Waals surface area contributed by atoms with Gasteiger partial charge in [-0.25, -0.2) is 0 Å². The predicted molar refractivity (Wildman–Crippen MR) is 93.5 cm³/mol. The number of nitro groups is 1. The van der Waals surface area contributed by atoms with Crippen molar-refractivity contribution in [3.8, 4) is 0 Å². The van der Waals surface area contributed by atoms with Gasteiger partial charge in [0.15, 0.2) is 0 Å². The fraction of sp³-hybridized carbons (Fsp3) is 0.278. The van der Waals surface area contributed by atoms with Gasteiger partial charge in [0.05, 0.1) is 4.92 Å². The molecule has 1 saturated carbocycles. The number of aryl methyl sites for hydroxylation is 1. The van der Waals surface area contributed by atoms with Crippen LogP contribution in [0.1, 0.15) is 35.7 Å². The number of nitrogens with one attached hydrogen (secondary N) is 2. The molecule has 0 unspecified atom stereocenters. The van der Waals surface area contributed by atoms with E-state index in [4.69, 9.17) is 0 Å². The summed E-state index contributed by atoms with van der Waals surface area (Å²) in [5.41, 5.74) is 2.42. The molecule has 2 aromatic rings. The van der Waals surface area contributed by atoms with E-state index in [9.17, 15) is 14.9 Å². The van der Waals surface area contributed by atoms with Crippen molar-refractivity contribution in [2.24, 2.45) is 0 Å². The minimum Gasteiger partial charge on any atom is -0.377 e. The number of nitro benzene ring substituents is 1. The lowest BCUT2D eigenvalue weighted by Gasteiger charge is -2.11. The Morgan fingerprint density at radius 2 is 1.96 bits per heavy atom. The third-order valence-corrected chi connectivity index (χ3v) is 4.04. The topological polar surface area (TPSA) is 84.3 Å². The molecule has 6 heteroatoms. The van der Waals surface area contributed by atoms with Crippen molar-refractivity contribution < 1.29 is 9.72 Å². The Balaban J connectivity index is 1.84.